The quantitative estimate of drug-likeness (QED) is 0.774. The fourth-order valence-electron chi connectivity index (χ4n) is 1.84. The van der Waals surface area contributed by atoms with Gasteiger partial charge in [0, 0.05) is 16.9 Å². The molecule has 0 aliphatic rings. The van der Waals surface area contributed by atoms with Crippen molar-refractivity contribution in [2.24, 2.45) is 0 Å². The highest BCUT2D eigenvalue weighted by Crippen LogP contribution is 2.09. The standard InChI is InChI=1S/C14H15N3O3/c1-8-3-5-10(6-4-8)16-12(18)7-11-9(2)15-14(20)17-13(11)19/h3-6H,7H2,1-2H3,(H,16,18)(H2,15,17,19,20). The van der Waals surface area contributed by atoms with E-state index < -0.39 is 11.2 Å². The van der Waals surface area contributed by atoms with Crippen molar-refractivity contribution in [1.82, 2.24) is 9.97 Å². The van der Waals surface area contributed by atoms with Crippen molar-refractivity contribution in [3.8, 4) is 0 Å². The first kappa shape index (κ1) is 13.8. The van der Waals surface area contributed by atoms with Crippen LogP contribution in [-0.2, 0) is 11.2 Å². The Hall–Kier alpha value is -2.63. The van der Waals surface area contributed by atoms with Crippen molar-refractivity contribution >= 4 is 11.6 Å². The van der Waals surface area contributed by atoms with Crippen molar-refractivity contribution < 1.29 is 4.79 Å². The van der Waals surface area contributed by atoms with E-state index in [1.807, 2.05) is 19.1 Å². The summed E-state index contributed by atoms with van der Waals surface area (Å²) >= 11 is 0. The molecule has 0 aliphatic heterocycles. The van der Waals surface area contributed by atoms with Gasteiger partial charge in [-0.2, -0.15) is 0 Å². The molecule has 0 unspecified atom stereocenters. The number of hydrogen-bond acceptors (Lipinski definition) is 3. The number of rotatable bonds is 3. The van der Waals surface area contributed by atoms with Crippen LogP contribution < -0.4 is 16.6 Å². The Morgan fingerprint density at radius 1 is 1.10 bits per heavy atom. The van der Waals surface area contributed by atoms with Gasteiger partial charge in [0.05, 0.1) is 6.42 Å². The fraction of sp³-hybridized carbons (Fsp3) is 0.214. The van der Waals surface area contributed by atoms with Crippen LogP contribution >= 0.6 is 0 Å². The highest BCUT2D eigenvalue weighted by molar-refractivity contribution is 5.92. The Morgan fingerprint density at radius 2 is 1.75 bits per heavy atom. The Balaban J connectivity index is 2.14. The second kappa shape index (κ2) is 5.56. The molecule has 1 aromatic heterocycles. The number of nitrogens with one attached hydrogen (secondary N) is 3. The van der Waals surface area contributed by atoms with Gasteiger partial charge in [0.1, 0.15) is 0 Å². The van der Waals surface area contributed by atoms with E-state index in [-0.39, 0.29) is 17.9 Å². The van der Waals surface area contributed by atoms with Crippen molar-refractivity contribution in [3.63, 3.8) is 0 Å². The first-order chi connectivity index (χ1) is 9.45. The highest BCUT2D eigenvalue weighted by atomic mass is 16.2. The number of hydrogen-bond donors (Lipinski definition) is 3. The summed E-state index contributed by atoms with van der Waals surface area (Å²) in [6, 6.07) is 7.34. The average Bonchev–Trinajstić information content (AvgIpc) is 2.36. The summed E-state index contributed by atoms with van der Waals surface area (Å²) in [6.45, 7) is 3.54. The normalized spacial score (nSPS) is 10.3. The van der Waals surface area contributed by atoms with Crippen LogP contribution in [0.15, 0.2) is 33.9 Å². The van der Waals surface area contributed by atoms with Gasteiger partial charge in [-0.15, -0.1) is 0 Å². The van der Waals surface area contributed by atoms with Crippen molar-refractivity contribution in [2.75, 3.05) is 5.32 Å². The fourth-order valence-corrected chi connectivity index (χ4v) is 1.84. The summed E-state index contributed by atoms with van der Waals surface area (Å²) < 4.78 is 0. The lowest BCUT2D eigenvalue weighted by atomic mass is 10.1. The third-order valence-corrected chi connectivity index (χ3v) is 2.93. The summed E-state index contributed by atoms with van der Waals surface area (Å²) in [4.78, 5) is 39.2. The molecule has 0 radical (unpaired) electrons. The second-order valence-electron chi connectivity index (χ2n) is 4.60. The summed E-state index contributed by atoms with van der Waals surface area (Å²) in [7, 11) is 0. The third kappa shape index (κ3) is 3.23. The third-order valence-electron chi connectivity index (χ3n) is 2.93. The largest absolute Gasteiger partial charge is 0.326 e. The van der Waals surface area contributed by atoms with Gasteiger partial charge in [-0.05, 0) is 26.0 Å². The molecule has 0 saturated heterocycles. The SMILES string of the molecule is Cc1ccc(NC(=O)Cc2c(C)[nH]c(=O)[nH]c2=O)cc1. The van der Waals surface area contributed by atoms with Crippen molar-refractivity contribution in [1.29, 1.82) is 0 Å². The molecule has 1 heterocycles. The number of aromatic nitrogens is 2. The van der Waals surface area contributed by atoms with E-state index in [0.29, 0.717) is 11.4 Å². The van der Waals surface area contributed by atoms with Crippen molar-refractivity contribution in [3.05, 3.63) is 61.9 Å². The van der Waals surface area contributed by atoms with Crippen LogP contribution in [0.3, 0.4) is 0 Å². The molecular formula is C14H15N3O3. The predicted octanol–water partition coefficient (Wildman–Crippen LogP) is 0.861. The van der Waals surface area contributed by atoms with E-state index in [1.54, 1.807) is 19.1 Å². The number of benzene rings is 1. The molecule has 2 aromatic rings. The molecule has 3 N–H and O–H groups in total. The van der Waals surface area contributed by atoms with Crippen molar-refractivity contribution in [2.45, 2.75) is 20.3 Å². The van der Waals surface area contributed by atoms with Crippen LogP contribution in [0.1, 0.15) is 16.8 Å². The summed E-state index contributed by atoms with van der Waals surface area (Å²) in [5.41, 5.74) is 1.31. The van der Waals surface area contributed by atoms with E-state index >= 15 is 0 Å². The molecule has 1 amide bonds. The Bertz CT molecular complexity index is 741. The van der Waals surface area contributed by atoms with Gasteiger partial charge >= 0.3 is 5.69 Å². The molecule has 1 aromatic carbocycles. The minimum Gasteiger partial charge on any atom is -0.326 e. The van der Waals surface area contributed by atoms with Gasteiger partial charge in [0.2, 0.25) is 5.91 Å². The zero-order valence-corrected chi connectivity index (χ0v) is 11.2. The van der Waals surface area contributed by atoms with Gasteiger partial charge in [0.15, 0.2) is 0 Å². The van der Waals surface area contributed by atoms with Gasteiger partial charge in [-0.1, -0.05) is 17.7 Å². The number of anilines is 1. The van der Waals surface area contributed by atoms with E-state index in [9.17, 15) is 14.4 Å². The van der Waals surface area contributed by atoms with Crippen LogP contribution in [0.25, 0.3) is 0 Å². The average molecular weight is 273 g/mol. The summed E-state index contributed by atoms with van der Waals surface area (Å²) in [5.74, 6) is -0.311. The number of amides is 1. The Labute approximate surface area is 114 Å². The van der Waals surface area contributed by atoms with Crippen LogP contribution in [-0.4, -0.2) is 15.9 Å². The topological polar surface area (TPSA) is 94.8 Å². The molecule has 0 bridgehead atoms. The van der Waals surface area contributed by atoms with Gasteiger partial charge in [-0.3, -0.25) is 14.6 Å². The van der Waals surface area contributed by atoms with E-state index in [4.69, 9.17) is 0 Å². The molecule has 2 rings (SSSR count). The summed E-state index contributed by atoms with van der Waals surface area (Å²) in [6.07, 6.45) is -0.0914. The zero-order chi connectivity index (χ0) is 14.7. The molecule has 0 aliphatic carbocycles. The van der Waals surface area contributed by atoms with Crippen LogP contribution in [0, 0.1) is 13.8 Å². The zero-order valence-electron chi connectivity index (χ0n) is 11.2. The number of carbonyl (C=O) groups is 1. The first-order valence-corrected chi connectivity index (χ1v) is 6.14. The van der Waals surface area contributed by atoms with Crippen LogP contribution in [0.2, 0.25) is 0 Å². The minimum atomic E-state index is -0.574. The molecule has 0 spiro atoms. The van der Waals surface area contributed by atoms with E-state index in [1.165, 1.54) is 0 Å². The number of aryl methyl sites for hydroxylation is 2. The Kier molecular flexibility index (Phi) is 3.84. The van der Waals surface area contributed by atoms with Gasteiger partial charge < -0.3 is 10.3 Å². The lowest BCUT2D eigenvalue weighted by Crippen LogP contribution is -2.29. The smallest absolute Gasteiger partial charge is 0.325 e. The van der Waals surface area contributed by atoms with E-state index in [0.717, 1.165) is 5.56 Å². The lowest BCUT2D eigenvalue weighted by Gasteiger charge is -2.06. The molecule has 20 heavy (non-hydrogen) atoms. The maximum atomic E-state index is 11.9. The maximum absolute atomic E-state index is 11.9. The van der Waals surface area contributed by atoms with Crippen LogP contribution in [0.5, 0.6) is 0 Å². The lowest BCUT2D eigenvalue weighted by molar-refractivity contribution is -0.115. The second-order valence-corrected chi connectivity index (χ2v) is 4.60. The van der Waals surface area contributed by atoms with E-state index in [2.05, 4.69) is 15.3 Å². The maximum Gasteiger partial charge on any atom is 0.325 e. The molecule has 0 saturated carbocycles. The molecule has 0 fully saturated rings. The predicted molar refractivity (Wildman–Crippen MR) is 75.9 cm³/mol. The monoisotopic (exact) mass is 273 g/mol. The number of aromatic amines is 2. The number of carbonyl (C=O) groups excluding carboxylic acids is 1. The number of H-pyrrole nitrogens is 2. The Morgan fingerprint density at radius 3 is 2.35 bits per heavy atom. The summed E-state index contributed by atoms with van der Waals surface area (Å²) in [5, 5.41) is 2.70. The van der Waals surface area contributed by atoms with Crippen LogP contribution in [0.4, 0.5) is 5.69 Å². The molecular weight excluding hydrogens is 258 g/mol. The molecule has 6 heteroatoms. The van der Waals surface area contributed by atoms with Gasteiger partial charge in [-0.25, -0.2) is 4.79 Å². The minimum absolute atomic E-state index is 0.0914. The molecule has 0 atom stereocenters. The first-order valence-electron chi connectivity index (χ1n) is 6.14. The highest BCUT2D eigenvalue weighted by Gasteiger charge is 2.11. The molecule has 104 valence electrons. The van der Waals surface area contributed by atoms with Gasteiger partial charge in [0.25, 0.3) is 5.56 Å². The molecule has 6 nitrogen and oxygen atoms in total.